The lowest BCUT2D eigenvalue weighted by molar-refractivity contribution is -0.143. The Morgan fingerprint density at radius 2 is 2.16 bits per heavy atom. The summed E-state index contributed by atoms with van der Waals surface area (Å²) in [5, 5.41) is 9.08. The van der Waals surface area contributed by atoms with Crippen molar-refractivity contribution >= 4 is 11.5 Å². The molecule has 1 aliphatic heterocycles. The molecule has 1 atom stereocenters. The van der Waals surface area contributed by atoms with Crippen molar-refractivity contribution < 1.29 is 14.3 Å². The number of fused-ring (bicyclic) bond motifs is 1. The fourth-order valence-electron chi connectivity index (χ4n) is 3.84. The number of carbonyl (C=O) groups is 1. The fourth-order valence-corrected chi connectivity index (χ4v) is 3.84. The van der Waals surface area contributed by atoms with E-state index in [-0.39, 0.29) is 12.0 Å². The highest BCUT2D eigenvalue weighted by Crippen LogP contribution is 2.40. The Kier molecular flexibility index (Phi) is 5.21. The zero-order valence-electron chi connectivity index (χ0n) is 14.4. The minimum Gasteiger partial charge on any atom is -0.481 e. The zero-order chi connectivity index (χ0) is 17.9. The summed E-state index contributed by atoms with van der Waals surface area (Å²) in [6.07, 6.45) is 15.1. The van der Waals surface area contributed by atoms with Gasteiger partial charge in [-0.05, 0) is 50.5 Å². The number of nitrogens with zero attached hydrogens (tertiary/aromatic N) is 2. The number of halogens is 1. The van der Waals surface area contributed by atoms with Gasteiger partial charge in [0.15, 0.2) is 0 Å². The van der Waals surface area contributed by atoms with Crippen LogP contribution in [0.1, 0.15) is 56.7 Å². The molecule has 0 amide bonds. The summed E-state index contributed by atoms with van der Waals surface area (Å²) < 4.78 is 17.2. The fraction of sp³-hybridized carbons (Fsp3) is 0.500. The summed E-state index contributed by atoms with van der Waals surface area (Å²) in [5.41, 5.74) is 0.614. The van der Waals surface area contributed by atoms with Gasteiger partial charge in [-0.15, -0.1) is 0 Å². The Balaban J connectivity index is 1.68. The van der Waals surface area contributed by atoms with Crippen molar-refractivity contribution in [2.75, 3.05) is 0 Å². The van der Waals surface area contributed by atoms with Crippen LogP contribution >= 0.6 is 0 Å². The van der Waals surface area contributed by atoms with Crippen LogP contribution in [0.4, 0.5) is 4.39 Å². The molecule has 1 aliphatic carbocycles. The van der Waals surface area contributed by atoms with Gasteiger partial charge in [-0.25, -0.2) is 9.37 Å². The van der Waals surface area contributed by atoms with Gasteiger partial charge in [-0.3, -0.25) is 4.79 Å². The summed E-state index contributed by atoms with van der Waals surface area (Å²) in [7, 11) is 0. The Morgan fingerprint density at radius 1 is 1.40 bits per heavy atom. The third-order valence-corrected chi connectivity index (χ3v) is 5.50. The molecular formula is C20H25FN2O2. The number of hydrogen-bond acceptors (Lipinski definition) is 2. The average Bonchev–Trinajstić information content (AvgIpc) is 3.07. The molecule has 0 aromatic carbocycles. The maximum absolute atomic E-state index is 15.1. The quantitative estimate of drug-likeness (QED) is 0.860. The second kappa shape index (κ2) is 7.38. The maximum atomic E-state index is 15.1. The van der Waals surface area contributed by atoms with Crippen LogP contribution in [-0.4, -0.2) is 26.3 Å². The smallest absolute Gasteiger partial charge is 0.306 e. The number of carboxylic acids is 1. The second-order valence-corrected chi connectivity index (χ2v) is 7.19. The van der Waals surface area contributed by atoms with Crippen LogP contribution < -0.4 is 0 Å². The number of rotatable bonds is 4. The van der Waals surface area contributed by atoms with Gasteiger partial charge < -0.3 is 9.67 Å². The predicted octanol–water partition coefficient (Wildman–Crippen LogP) is 4.72. The summed E-state index contributed by atoms with van der Waals surface area (Å²) in [5.74, 6) is -1.18. The van der Waals surface area contributed by atoms with Crippen LogP contribution in [0.15, 0.2) is 43.4 Å². The van der Waals surface area contributed by atoms with Gasteiger partial charge >= 0.3 is 5.97 Å². The molecule has 1 fully saturated rings. The van der Waals surface area contributed by atoms with Gasteiger partial charge in [-0.2, -0.15) is 0 Å². The van der Waals surface area contributed by atoms with E-state index in [1.165, 1.54) is 0 Å². The van der Waals surface area contributed by atoms with Crippen molar-refractivity contribution in [1.82, 2.24) is 9.55 Å². The first-order chi connectivity index (χ1) is 12.0. The highest BCUT2D eigenvalue weighted by molar-refractivity contribution is 5.70. The highest BCUT2D eigenvalue weighted by atomic mass is 19.1. The average molecular weight is 344 g/mol. The minimum atomic E-state index is -1.25. The number of carboxylic acid groups (broad SMARTS) is 1. The SMILES string of the molecule is C=C1/C=C\C=C/CC(CCC2(F)CCC(C(=O)O)CC2)n2cncc21. The molecule has 1 aromatic heterocycles. The second-order valence-electron chi connectivity index (χ2n) is 7.19. The van der Waals surface area contributed by atoms with E-state index >= 15 is 4.39 Å². The van der Waals surface area contributed by atoms with Gasteiger partial charge in [0, 0.05) is 6.04 Å². The number of hydrogen-bond donors (Lipinski definition) is 1. The molecule has 1 unspecified atom stereocenters. The van der Waals surface area contributed by atoms with Crippen LogP contribution in [0.3, 0.4) is 0 Å². The molecule has 2 heterocycles. The standard InChI is InChI=1S/C20H25FN2O2/c1-15-5-3-2-4-6-17(23-14-22-13-18(15)23)9-12-20(21)10-7-16(8-11-20)19(24)25/h2-5,13-14,16-17H,1,6-12H2,(H,24,25)/b4-2-,5-3-. The summed E-state index contributed by atoms with van der Waals surface area (Å²) in [4.78, 5) is 15.3. The van der Waals surface area contributed by atoms with Crippen LogP contribution in [0.2, 0.25) is 0 Å². The first-order valence-corrected chi connectivity index (χ1v) is 8.94. The van der Waals surface area contributed by atoms with E-state index in [1.807, 2.05) is 18.2 Å². The van der Waals surface area contributed by atoms with E-state index in [0.29, 0.717) is 38.5 Å². The molecule has 0 saturated heterocycles. The Hall–Kier alpha value is -2.17. The van der Waals surface area contributed by atoms with Crippen molar-refractivity contribution in [1.29, 1.82) is 0 Å². The number of aromatic nitrogens is 2. The number of aliphatic carboxylic acids is 1. The monoisotopic (exact) mass is 344 g/mol. The molecule has 0 spiro atoms. The van der Waals surface area contributed by atoms with Crippen LogP contribution in [-0.2, 0) is 4.79 Å². The van der Waals surface area contributed by atoms with E-state index in [4.69, 9.17) is 5.11 Å². The molecule has 3 rings (SSSR count). The lowest BCUT2D eigenvalue weighted by Crippen LogP contribution is -2.33. The van der Waals surface area contributed by atoms with Crippen LogP contribution in [0.25, 0.3) is 5.57 Å². The third kappa shape index (κ3) is 4.09. The van der Waals surface area contributed by atoms with Gasteiger partial charge in [0.2, 0.25) is 0 Å². The molecule has 2 aliphatic rings. The molecule has 1 N–H and O–H groups in total. The number of imidazole rings is 1. The van der Waals surface area contributed by atoms with E-state index < -0.39 is 11.6 Å². The Bertz CT molecular complexity index is 696. The van der Waals surface area contributed by atoms with Crippen molar-refractivity contribution in [2.45, 2.75) is 56.7 Å². The van der Waals surface area contributed by atoms with E-state index in [2.05, 4.69) is 22.2 Å². The first-order valence-electron chi connectivity index (χ1n) is 8.94. The predicted molar refractivity (Wildman–Crippen MR) is 95.9 cm³/mol. The lowest BCUT2D eigenvalue weighted by Gasteiger charge is -2.33. The first kappa shape index (κ1) is 17.6. The minimum absolute atomic E-state index is 0.134. The van der Waals surface area contributed by atoms with Gasteiger partial charge in [-0.1, -0.05) is 30.9 Å². The number of allylic oxidation sites excluding steroid dienone is 5. The summed E-state index contributed by atoms with van der Waals surface area (Å²) in [6, 6.07) is 0.134. The highest BCUT2D eigenvalue weighted by Gasteiger charge is 2.37. The van der Waals surface area contributed by atoms with E-state index in [0.717, 1.165) is 17.7 Å². The van der Waals surface area contributed by atoms with Gasteiger partial charge in [0.25, 0.3) is 0 Å². The molecule has 134 valence electrons. The maximum Gasteiger partial charge on any atom is 0.306 e. The van der Waals surface area contributed by atoms with Gasteiger partial charge in [0.1, 0.15) is 5.67 Å². The molecule has 1 aromatic rings. The molecule has 1 saturated carbocycles. The Morgan fingerprint density at radius 3 is 2.88 bits per heavy atom. The molecule has 4 nitrogen and oxygen atoms in total. The summed E-state index contributed by atoms with van der Waals surface area (Å²) in [6.45, 7) is 4.08. The molecule has 0 radical (unpaired) electrons. The molecule has 5 heteroatoms. The van der Waals surface area contributed by atoms with E-state index in [9.17, 15) is 4.79 Å². The largest absolute Gasteiger partial charge is 0.481 e. The van der Waals surface area contributed by atoms with Crippen LogP contribution in [0, 0.1) is 5.92 Å². The normalized spacial score (nSPS) is 32.1. The topological polar surface area (TPSA) is 55.1 Å². The molecule has 0 bridgehead atoms. The van der Waals surface area contributed by atoms with Crippen molar-refractivity contribution in [3.63, 3.8) is 0 Å². The van der Waals surface area contributed by atoms with E-state index in [1.54, 1.807) is 12.5 Å². The lowest BCUT2D eigenvalue weighted by atomic mass is 9.77. The van der Waals surface area contributed by atoms with Crippen molar-refractivity contribution in [3.05, 3.63) is 49.1 Å². The summed E-state index contributed by atoms with van der Waals surface area (Å²) >= 11 is 0. The van der Waals surface area contributed by atoms with Crippen molar-refractivity contribution in [2.24, 2.45) is 5.92 Å². The molecular weight excluding hydrogens is 319 g/mol. The Labute approximate surface area is 147 Å². The molecule has 25 heavy (non-hydrogen) atoms. The van der Waals surface area contributed by atoms with Crippen molar-refractivity contribution in [3.8, 4) is 0 Å². The zero-order valence-corrected chi connectivity index (χ0v) is 14.4. The van der Waals surface area contributed by atoms with Crippen LogP contribution in [0.5, 0.6) is 0 Å². The third-order valence-electron chi connectivity index (χ3n) is 5.50. The number of alkyl halides is 1. The van der Waals surface area contributed by atoms with Gasteiger partial charge in [0.05, 0.1) is 24.1 Å².